The van der Waals surface area contributed by atoms with Gasteiger partial charge in [-0.15, -0.1) is 0 Å². The maximum absolute atomic E-state index is 12.5. The van der Waals surface area contributed by atoms with Crippen molar-refractivity contribution in [3.8, 4) is 11.6 Å². The number of anilines is 1. The van der Waals surface area contributed by atoms with Gasteiger partial charge in [0.25, 0.3) is 0 Å². The Morgan fingerprint density at radius 1 is 1.22 bits per heavy atom. The number of ether oxygens (including phenoxy) is 1. The zero-order chi connectivity index (χ0) is 22.3. The predicted molar refractivity (Wildman–Crippen MR) is 127 cm³/mol. The molecule has 0 bridgehead atoms. The van der Waals surface area contributed by atoms with Gasteiger partial charge < -0.3 is 14.6 Å². The van der Waals surface area contributed by atoms with Gasteiger partial charge in [-0.2, -0.15) is 0 Å². The van der Waals surface area contributed by atoms with Crippen molar-refractivity contribution in [2.24, 2.45) is 5.92 Å². The van der Waals surface area contributed by atoms with E-state index in [1.807, 2.05) is 49.5 Å². The lowest BCUT2D eigenvalue weighted by Gasteiger charge is -2.32. The number of piperidine rings is 1. The van der Waals surface area contributed by atoms with Crippen molar-refractivity contribution in [3.63, 3.8) is 0 Å². The number of pyridine rings is 1. The number of carbonyl (C=O) groups excluding carboxylic acids is 1. The average molecular weight is 433 g/mol. The van der Waals surface area contributed by atoms with Crippen molar-refractivity contribution < 1.29 is 9.53 Å². The molecule has 1 fully saturated rings. The molecule has 3 aromatic rings. The quantitative estimate of drug-likeness (QED) is 0.554. The molecule has 0 aliphatic carbocycles. The second-order valence-corrected chi connectivity index (χ2v) is 8.57. The van der Waals surface area contributed by atoms with Crippen LogP contribution in [-0.2, 0) is 11.3 Å². The average Bonchev–Trinajstić information content (AvgIpc) is 3.28. The van der Waals surface area contributed by atoms with Crippen LogP contribution in [0.5, 0.6) is 5.75 Å². The highest BCUT2D eigenvalue weighted by molar-refractivity contribution is 5.91. The number of rotatable bonds is 8. The van der Waals surface area contributed by atoms with Gasteiger partial charge in [0.05, 0.1) is 7.11 Å². The van der Waals surface area contributed by atoms with E-state index in [2.05, 4.69) is 38.1 Å². The van der Waals surface area contributed by atoms with Gasteiger partial charge in [-0.1, -0.05) is 6.07 Å². The molecule has 1 amide bonds. The maximum atomic E-state index is 12.5. The number of nitrogens with one attached hydrogen (secondary N) is 1. The first-order valence-electron chi connectivity index (χ1n) is 11.4. The van der Waals surface area contributed by atoms with E-state index in [9.17, 15) is 4.79 Å². The van der Waals surface area contributed by atoms with Crippen molar-refractivity contribution in [1.29, 1.82) is 0 Å². The minimum absolute atomic E-state index is 0.0828. The highest BCUT2D eigenvalue weighted by Crippen LogP contribution is 2.25. The Labute approximate surface area is 190 Å². The molecule has 6 heteroatoms. The molecule has 4 rings (SSSR count). The highest BCUT2D eigenvalue weighted by Gasteiger charge is 2.22. The first-order valence-corrected chi connectivity index (χ1v) is 11.4. The Bertz CT molecular complexity index is 1030. The molecular formula is C26H32N4O2. The van der Waals surface area contributed by atoms with E-state index in [0.29, 0.717) is 12.3 Å². The second kappa shape index (κ2) is 10.5. The van der Waals surface area contributed by atoms with Gasteiger partial charge in [0.2, 0.25) is 5.91 Å². The normalized spacial score (nSPS) is 16.6. The lowest BCUT2D eigenvalue weighted by molar-refractivity contribution is -0.116. The number of amides is 1. The summed E-state index contributed by atoms with van der Waals surface area (Å²) < 4.78 is 7.40. The molecule has 1 saturated heterocycles. The van der Waals surface area contributed by atoms with E-state index < -0.39 is 0 Å². The number of benzene rings is 1. The van der Waals surface area contributed by atoms with Crippen LogP contribution in [0.3, 0.4) is 0 Å². The molecule has 6 nitrogen and oxygen atoms in total. The lowest BCUT2D eigenvalue weighted by atomic mass is 9.93. The summed E-state index contributed by atoms with van der Waals surface area (Å²) in [6.45, 7) is 5.01. The fourth-order valence-corrected chi connectivity index (χ4v) is 4.48. The summed E-state index contributed by atoms with van der Waals surface area (Å²) >= 11 is 0. The molecule has 0 spiro atoms. The molecule has 1 unspecified atom stereocenters. The molecule has 0 saturated carbocycles. The maximum Gasteiger partial charge on any atom is 0.224 e. The van der Waals surface area contributed by atoms with Crippen LogP contribution in [0, 0.1) is 12.8 Å². The largest absolute Gasteiger partial charge is 0.497 e. The van der Waals surface area contributed by atoms with Crippen LogP contribution in [0.15, 0.2) is 60.9 Å². The third-order valence-electron chi connectivity index (χ3n) is 6.21. The van der Waals surface area contributed by atoms with Gasteiger partial charge in [0.1, 0.15) is 11.6 Å². The monoisotopic (exact) mass is 432 g/mol. The van der Waals surface area contributed by atoms with Crippen molar-refractivity contribution in [2.45, 2.75) is 39.2 Å². The lowest BCUT2D eigenvalue weighted by Crippen LogP contribution is -2.35. The van der Waals surface area contributed by atoms with Gasteiger partial charge in [-0.3, -0.25) is 9.69 Å². The van der Waals surface area contributed by atoms with Crippen LogP contribution in [-0.4, -0.2) is 40.6 Å². The zero-order valence-electron chi connectivity index (χ0n) is 19.0. The molecule has 32 heavy (non-hydrogen) atoms. The van der Waals surface area contributed by atoms with Crippen molar-refractivity contribution in [1.82, 2.24) is 14.5 Å². The Balaban J connectivity index is 1.29. The number of likely N-dealkylation sites (tertiary alicyclic amines) is 1. The third-order valence-corrected chi connectivity index (χ3v) is 6.21. The SMILES string of the molecule is COc1ccc(NC(=O)CCC2CCCN(Cc3cccn3-c3ccccn3)C2)c(C)c1. The minimum atomic E-state index is 0.0828. The summed E-state index contributed by atoms with van der Waals surface area (Å²) in [6, 6.07) is 16.0. The molecule has 2 aromatic heterocycles. The minimum Gasteiger partial charge on any atom is -0.497 e. The number of hydrogen-bond acceptors (Lipinski definition) is 4. The molecule has 3 heterocycles. The number of nitrogens with zero attached hydrogens (tertiary/aromatic N) is 3. The van der Waals surface area contributed by atoms with Crippen molar-refractivity contribution >= 4 is 11.6 Å². The van der Waals surface area contributed by atoms with E-state index in [0.717, 1.165) is 48.9 Å². The number of carbonyl (C=O) groups is 1. The first kappa shape index (κ1) is 22.1. The van der Waals surface area contributed by atoms with E-state index >= 15 is 0 Å². The summed E-state index contributed by atoms with van der Waals surface area (Å²) in [5.74, 6) is 2.38. The van der Waals surface area contributed by atoms with E-state index in [4.69, 9.17) is 4.74 Å². The highest BCUT2D eigenvalue weighted by atomic mass is 16.5. The van der Waals surface area contributed by atoms with Crippen LogP contribution < -0.4 is 10.1 Å². The van der Waals surface area contributed by atoms with Gasteiger partial charge in [-0.05, 0) is 86.7 Å². The van der Waals surface area contributed by atoms with E-state index in [1.54, 1.807) is 7.11 Å². The fraction of sp³-hybridized carbons (Fsp3) is 0.385. The fourth-order valence-electron chi connectivity index (χ4n) is 4.48. The third kappa shape index (κ3) is 5.56. The number of aryl methyl sites for hydroxylation is 1. The molecule has 1 aliphatic rings. The van der Waals surface area contributed by atoms with Crippen molar-refractivity contribution in [2.75, 3.05) is 25.5 Å². The number of hydrogen-bond donors (Lipinski definition) is 1. The Kier molecular flexibility index (Phi) is 7.22. The van der Waals surface area contributed by atoms with Crippen LogP contribution in [0.2, 0.25) is 0 Å². The summed E-state index contributed by atoms with van der Waals surface area (Å²) in [4.78, 5) is 19.5. The second-order valence-electron chi connectivity index (χ2n) is 8.57. The molecule has 168 valence electrons. The Morgan fingerprint density at radius 2 is 2.12 bits per heavy atom. The van der Waals surface area contributed by atoms with Crippen LogP contribution in [0.25, 0.3) is 5.82 Å². The van der Waals surface area contributed by atoms with Crippen molar-refractivity contribution in [3.05, 3.63) is 72.2 Å². The standard InChI is InChI=1S/C26H32N4O2/c1-20-17-23(32-2)11-12-24(20)28-26(31)13-10-21-7-5-15-29(18-21)19-22-8-6-16-30(22)25-9-3-4-14-27-25/h3-4,6,8-9,11-12,14,16-17,21H,5,7,10,13,15,18-19H2,1-2H3,(H,28,31). The van der Waals surface area contributed by atoms with E-state index in [1.165, 1.54) is 18.5 Å². The summed E-state index contributed by atoms with van der Waals surface area (Å²) in [5.41, 5.74) is 3.12. The topological polar surface area (TPSA) is 59.4 Å². The predicted octanol–water partition coefficient (Wildman–Crippen LogP) is 4.82. The molecule has 1 N–H and O–H groups in total. The summed E-state index contributed by atoms with van der Waals surface area (Å²) in [7, 11) is 1.65. The Morgan fingerprint density at radius 3 is 2.91 bits per heavy atom. The smallest absolute Gasteiger partial charge is 0.224 e. The first-order chi connectivity index (χ1) is 15.6. The van der Waals surface area contributed by atoms with Crippen LogP contribution in [0.4, 0.5) is 5.69 Å². The van der Waals surface area contributed by atoms with Gasteiger partial charge in [0, 0.05) is 43.3 Å². The molecule has 0 radical (unpaired) electrons. The van der Waals surface area contributed by atoms with Crippen LogP contribution in [0.1, 0.15) is 36.9 Å². The Hall–Kier alpha value is -3.12. The number of aromatic nitrogens is 2. The van der Waals surface area contributed by atoms with Gasteiger partial charge in [0.15, 0.2) is 0 Å². The van der Waals surface area contributed by atoms with E-state index in [-0.39, 0.29) is 5.91 Å². The molecule has 1 atom stereocenters. The van der Waals surface area contributed by atoms with Gasteiger partial charge >= 0.3 is 0 Å². The van der Waals surface area contributed by atoms with Gasteiger partial charge in [-0.25, -0.2) is 4.98 Å². The molecule has 1 aromatic carbocycles. The summed E-state index contributed by atoms with van der Waals surface area (Å²) in [5, 5.41) is 3.06. The molecular weight excluding hydrogens is 400 g/mol. The molecule has 1 aliphatic heterocycles. The summed E-state index contributed by atoms with van der Waals surface area (Å²) in [6.07, 6.45) is 7.73. The van der Waals surface area contributed by atoms with Crippen LogP contribution >= 0.6 is 0 Å². The number of methoxy groups -OCH3 is 1. The zero-order valence-corrected chi connectivity index (χ0v) is 19.0.